The molecule has 4 aliphatic rings. The summed E-state index contributed by atoms with van der Waals surface area (Å²) >= 11 is 5.39. The van der Waals surface area contributed by atoms with Crippen LogP contribution in [0.15, 0.2) is 0 Å². The summed E-state index contributed by atoms with van der Waals surface area (Å²) in [5.74, 6) is 3.99. The van der Waals surface area contributed by atoms with Crippen LogP contribution in [-0.4, -0.2) is 38.7 Å². The average Bonchev–Trinajstić information content (AvgIpc) is 3.44. The van der Waals surface area contributed by atoms with Crippen molar-refractivity contribution < 1.29 is 4.79 Å². The lowest BCUT2D eigenvalue weighted by Gasteiger charge is -2.32. The number of piperidine rings is 1. The molecule has 0 aromatic carbocycles. The van der Waals surface area contributed by atoms with Crippen molar-refractivity contribution in [2.75, 3.05) is 13.1 Å². The molecule has 1 aromatic heterocycles. The molecule has 5 rings (SSSR count). The Kier molecular flexibility index (Phi) is 3.19. The molecule has 124 valence electrons. The van der Waals surface area contributed by atoms with Crippen molar-refractivity contribution in [3.05, 3.63) is 10.6 Å². The number of nitrogens with zero attached hydrogens (tertiary/aromatic N) is 3. The average molecular weight is 332 g/mol. The highest BCUT2D eigenvalue weighted by Gasteiger charge is 2.52. The zero-order valence-electron chi connectivity index (χ0n) is 13.4. The zero-order valence-corrected chi connectivity index (χ0v) is 14.2. The Bertz CT molecular complexity index is 679. The molecule has 5 nitrogen and oxygen atoms in total. The van der Waals surface area contributed by atoms with Crippen LogP contribution in [0.5, 0.6) is 0 Å². The summed E-state index contributed by atoms with van der Waals surface area (Å²) in [6.07, 6.45) is 8.38. The maximum atomic E-state index is 12.6. The number of rotatable bonds is 4. The summed E-state index contributed by atoms with van der Waals surface area (Å²) in [5.41, 5.74) is 0. The second-order valence-corrected chi connectivity index (χ2v) is 8.32. The van der Waals surface area contributed by atoms with E-state index in [0.29, 0.717) is 23.8 Å². The topological polar surface area (TPSA) is 53.9 Å². The first-order valence-electron chi connectivity index (χ1n) is 9.18. The van der Waals surface area contributed by atoms with E-state index in [-0.39, 0.29) is 0 Å². The van der Waals surface area contributed by atoms with E-state index in [1.54, 1.807) is 0 Å². The minimum absolute atomic E-state index is 0.361. The molecular weight excluding hydrogens is 308 g/mol. The standard InChI is InChI=1S/C17H24N4OS/c22-16(14-9-13(14)10-1-2-10)20-7-5-11(6-8-20)15-18-19-17(23)21(15)12-3-4-12/h10-14H,1-9H2,(H,19,23). The highest BCUT2D eigenvalue weighted by atomic mass is 32.1. The number of carbonyl (C=O) groups is 1. The molecule has 1 aliphatic heterocycles. The van der Waals surface area contributed by atoms with Gasteiger partial charge in [-0.25, -0.2) is 0 Å². The van der Waals surface area contributed by atoms with Crippen molar-refractivity contribution in [2.24, 2.45) is 17.8 Å². The SMILES string of the molecule is O=C(C1CC1C1CC1)N1CCC(c2n[nH]c(=S)n2C2CC2)CC1. The molecule has 1 saturated heterocycles. The van der Waals surface area contributed by atoms with Crippen LogP contribution in [0.25, 0.3) is 0 Å². The molecule has 0 spiro atoms. The van der Waals surface area contributed by atoms with Crippen molar-refractivity contribution in [1.29, 1.82) is 0 Å². The molecule has 23 heavy (non-hydrogen) atoms. The maximum absolute atomic E-state index is 12.6. The quantitative estimate of drug-likeness (QED) is 0.862. The first kappa shape index (κ1) is 14.2. The van der Waals surface area contributed by atoms with Crippen molar-refractivity contribution in [3.8, 4) is 0 Å². The second kappa shape index (κ2) is 5.16. The van der Waals surface area contributed by atoms with Gasteiger partial charge in [0.15, 0.2) is 4.77 Å². The van der Waals surface area contributed by atoms with Crippen LogP contribution in [0.4, 0.5) is 0 Å². The van der Waals surface area contributed by atoms with Gasteiger partial charge >= 0.3 is 0 Å². The van der Waals surface area contributed by atoms with E-state index < -0.39 is 0 Å². The predicted octanol–water partition coefficient (Wildman–Crippen LogP) is 3.03. The zero-order chi connectivity index (χ0) is 15.6. The molecule has 2 atom stereocenters. The Morgan fingerprint density at radius 3 is 2.52 bits per heavy atom. The van der Waals surface area contributed by atoms with E-state index in [9.17, 15) is 4.79 Å². The molecular formula is C17H24N4OS. The summed E-state index contributed by atoms with van der Waals surface area (Å²) < 4.78 is 3.01. The third kappa shape index (κ3) is 2.55. The molecule has 1 amide bonds. The van der Waals surface area contributed by atoms with Crippen molar-refractivity contribution in [3.63, 3.8) is 0 Å². The van der Waals surface area contributed by atoms with E-state index in [4.69, 9.17) is 12.2 Å². The molecule has 3 saturated carbocycles. The van der Waals surface area contributed by atoms with Gasteiger partial charge in [-0.1, -0.05) is 0 Å². The normalized spacial score (nSPS) is 31.4. The van der Waals surface area contributed by atoms with Gasteiger partial charge in [0.25, 0.3) is 0 Å². The van der Waals surface area contributed by atoms with Crippen LogP contribution < -0.4 is 0 Å². The minimum Gasteiger partial charge on any atom is -0.342 e. The van der Waals surface area contributed by atoms with Crippen LogP contribution in [0.3, 0.4) is 0 Å². The highest BCUT2D eigenvalue weighted by molar-refractivity contribution is 7.71. The van der Waals surface area contributed by atoms with E-state index >= 15 is 0 Å². The number of H-pyrrole nitrogens is 1. The van der Waals surface area contributed by atoms with Crippen LogP contribution in [0.1, 0.15) is 62.7 Å². The number of likely N-dealkylation sites (tertiary alicyclic amines) is 1. The smallest absolute Gasteiger partial charge is 0.225 e. The Labute approximate surface area is 141 Å². The highest BCUT2D eigenvalue weighted by Crippen LogP contribution is 2.55. The number of hydrogen-bond acceptors (Lipinski definition) is 3. The van der Waals surface area contributed by atoms with E-state index in [1.807, 2.05) is 0 Å². The molecule has 4 fully saturated rings. The summed E-state index contributed by atoms with van der Waals surface area (Å²) in [6.45, 7) is 1.78. The maximum Gasteiger partial charge on any atom is 0.225 e. The van der Waals surface area contributed by atoms with E-state index in [1.165, 1.54) is 25.7 Å². The molecule has 2 unspecified atom stereocenters. The lowest BCUT2D eigenvalue weighted by molar-refractivity contribution is -0.134. The molecule has 3 aliphatic carbocycles. The Hall–Kier alpha value is -1.17. The van der Waals surface area contributed by atoms with Gasteiger partial charge in [-0.05, 0) is 69.0 Å². The largest absolute Gasteiger partial charge is 0.342 e. The molecule has 0 bridgehead atoms. The molecule has 2 heterocycles. The van der Waals surface area contributed by atoms with Crippen LogP contribution >= 0.6 is 12.2 Å². The van der Waals surface area contributed by atoms with Crippen molar-refractivity contribution in [2.45, 2.75) is 56.9 Å². The van der Waals surface area contributed by atoms with E-state index in [2.05, 4.69) is 19.7 Å². The van der Waals surface area contributed by atoms with Gasteiger partial charge in [-0.15, -0.1) is 0 Å². The third-order valence-electron chi connectivity index (χ3n) is 6.20. The number of amides is 1. The van der Waals surface area contributed by atoms with Crippen LogP contribution in [-0.2, 0) is 4.79 Å². The number of hydrogen-bond donors (Lipinski definition) is 1. The molecule has 1 N–H and O–H groups in total. The lowest BCUT2D eigenvalue weighted by Crippen LogP contribution is -2.39. The summed E-state index contributed by atoms with van der Waals surface area (Å²) in [7, 11) is 0. The van der Waals surface area contributed by atoms with Crippen LogP contribution in [0.2, 0.25) is 0 Å². The van der Waals surface area contributed by atoms with Crippen molar-refractivity contribution in [1.82, 2.24) is 19.7 Å². The first-order valence-corrected chi connectivity index (χ1v) is 9.59. The van der Waals surface area contributed by atoms with Gasteiger partial charge in [0.2, 0.25) is 5.91 Å². The van der Waals surface area contributed by atoms with Gasteiger partial charge in [0, 0.05) is 31.0 Å². The molecule has 1 aromatic rings. The molecule has 0 radical (unpaired) electrons. The third-order valence-corrected chi connectivity index (χ3v) is 6.49. The summed E-state index contributed by atoms with van der Waals surface area (Å²) in [5, 5.41) is 7.48. The Morgan fingerprint density at radius 1 is 1.13 bits per heavy atom. The fourth-order valence-electron chi connectivity index (χ4n) is 4.43. The lowest BCUT2D eigenvalue weighted by atomic mass is 9.95. The monoisotopic (exact) mass is 332 g/mol. The van der Waals surface area contributed by atoms with Crippen LogP contribution in [0, 0.1) is 22.5 Å². The number of aromatic nitrogens is 3. The van der Waals surface area contributed by atoms with Crippen molar-refractivity contribution >= 4 is 18.1 Å². The first-order chi connectivity index (χ1) is 11.2. The van der Waals surface area contributed by atoms with Gasteiger partial charge in [0.05, 0.1) is 0 Å². The number of nitrogens with one attached hydrogen (secondary N) is 1. The predicted molar refractivity (Wildman–Crippen MR) is 88.6 cm³/mol. The number of aromatic amines is 1. The minimum atomic E-state index is 0.361. The van der Waals surface area contributed by atoms with Gasteiger partial charge in [-0.3, -0.25) is 9.89 Å². The van der Waals surface area contributed by atoms with E-state index in [0.717, 1.165) is 54.8 Å². The fourth-order valence-corrected chi connectivity index (χ4v) is 4.72. The van der Waals surface area contributed by atoms with Gasteiger partial charge in [0.1, 0.15) is 5.82 Å². The second-order valence-electron chi connectivity index (χ2n) is 7.93. The number of carbonyl (C=O) groups excluding carboxylic acids is 1. The fraction of sp³-hybridized carbons (Fsp3) is 0.824. The molecule has 6 heteroatoms. The summed E-state index contributed by atoms with van der Waals surface area (Å²) in [4.78, 5) is 14.7. The Morgan fingerprint density at radius 2 is 1.87 bits per heavy atom. The summed E-state index contributed by atoms with van der Waals surface area (Å²) in [6, 6.07) is 0.571. The van der Waals surface area contributed by atoms with Gasteiger partial charge in [-0.2, -0.15) is 5.10 Å². The van der Waals surface area contributed by atoms with Gasteiger partial charge < -0.3 is 9.47 Å². The Balaban J connectivity index is 1.23.